The second-order valence-corrected chi connectivity index (χ2v) is 3.74. The number of aromatic amines is 1. The number of hydrogen-bond donors (Lipinski definition) is 3. The zero-order chi connectivity index (χ0) is 11.3. The number of aliphatic hydroxyl groups is 1. The highest BCUT2D eigenvalue weighted by molar-refractivity contribution is 5.94. The van der Waals surface area contributed by atoms with E-state index in [-0.39, 0.29) is 18.4 Å². The third-order valence-electron chi connectivity index (χ3n) is 2.31. The number of amides is 1. The van der Waals surface area contributed by atoms with E-state index in [0.717, 1.165) is 5.69 Å². The zero-order valence-electron chi connectivity index (χ0n) is 9.08. The molecule has 1 amide bonds. The van der Waals surface area contributed by atoms with E-state index >= 15 is 0 Å². The second kappa shape index (κ2) is 5.50. The number of nitrogens with zero attached hydrogens (tertiary/aromatic N) is 1. The third-order valence-corrected chi connectivity index (χ3v) is 2.31. The Morgan fingerprint density at radius 2 is 2.47 bits per heavy atom. The van der Waals surface area contributed by atoms with Gasteiger partial charge in [-0.1, -0.05) is 6.92 Å². The molecular weight excluding hydrogens is 194 g/mol. The van der Waals surface area contributed by atoms with Crippen LogP contribution in [0.15, 0.2) is 6.20 Å². The first kappa shape index (κ1) is 11.7. The Morgan fingerprint density at radius 3 is 3.00 bits per heavy atom. The molecule has 0 spiro atoms. The lowest BCUT2D eigenvalue weighted by Gasteiger charge is -2.10. The summed E-state index contributed by atoms with van der Waals surface area (Å²) in [6.07, 6.45) is 2.21. The van der Waals surface area contributed by atoms with Gasteiger partial charge in [-0.3, -0.25) is 9.89 Å². The molecule has 0 saturated heterocycles. The van der Waals surface area contributed by atoms with Crippen LogP contribution in [0.1, 0.15) is 29.4 Å². The van der Waals surface area contributed by atoms with Crippen molar-refractivity contribution >= 4 is 5.91 Å². The number of carbonyl (C=O) groups excluding carboxylic acids is 1. The van der Waals surface area contributed by atoms with Crippen LogP contribution in [0.25, 0.3) is 0 Å². The number of H-pyrrole nitrogens is 1. The molecule has 0 bridgehead atoms. The predicted molar refractivity (Wildman–Crippen MR) is 56.5 cm³/mol. The van der Waals surface area contributed by atoms with Gasteiger partial charge >= 0.3 is 0 Å². The quantitative estimate of drug-likeness (QED) is 0.662. The first-order valence-corrected chi connectivity index (χ1v) is 5.04. The normalized spacial score (nSPS) is 12.5. The highest BCUT2D eigenvalue weighted by atomic mass is 16.3. The lowest BCUT2D eigenvalue weighted by molar-refractivity contribution is 0.0945. The van der Waals surface area contributed by atoms with Crippen LogP contribution in [0.2, 0.25) is 0 Å². The lowest BCUT2D eigenvalue weighted by atomic mass is 10.1. The van der Waals surface area contributed by atoms with Crippen molar-refractivity contribution in [1.29, 1.82) is 0 Å². The summed E-state index contributed by atoms with van der Waals surface area (Å²) in [5.41, 5.74) is 1.34. The Hall–Kier alpha value is -1.36. The van der Waals surface area contributed by atoms with E-state index in [1.54, 1.807) is 6.92 Å². The molecule has 1 atom stereocenters. The third kappa shape index (κ3) is 3.36. The SMILES string of the molecule is Cc1[nH]ncc1C(=O)NCC(C)CCO. The Kier molecular flexibility index (Phi) is 4.30. The van der Waals surface area contributed by atoms with Crippen LogP contribution >= 0.6 is 0 Å². The number of aromatic nitrogens is 2. The number of aliphatic hydroxyl groups excluding tert-OH is 1. The van der Waals surface area contributed by atoms with Crippen LogP contribution in [0, 0.1) is 12.8 Å². The molecular formula is C10H17N3O2. The van der Waals surface area contributed by atoms with Gasteiger partial charge in [0.15, 0.2) is 0 Å². The van der Waals surface area contributed by atoms with E-state index < -0.39 is 0 Å². The van der Waals surface area contributed by atoms with E-state index in [1.165, 1.54) is 6.20 Å². The number of carbonyl (C=O) groups is 1. The maximum Gasteiger partial charge on any atom is 0.254 e. The zero-order valence-corrected chi connectivity index (χ0v) is 9.08. The molecule has 1 unspecified atom stereocenters. The molecule has 0 aliphatic rings. The average Bonchev–Trinajstić information content (AvgIpc) is 2.61. The highest BCUT2D eigenvalue weighted by Gasteiger charge is 2.11. The van der Waals surface area contributed by atoms with Gasteiger partial charge in [0.25, 0.3) is 5.91 Å². The molecule has 84 valence electrons. The van der Waals surface area contributed by atoms with Gasteiger partial charge in [-0.05, 0) is 19.3 Å². The Balaban J connectivity index is 2.40. The van der Waals surface area contributed by atoms with Crippen LogP contribution in [0.5, 0.6) is 0 Å². The van der Waals surface area contributed by atoms with Gasteiger partial charge in [-0.25, -0.2) is 0 Å². The molecule has 1 aromatic heterocycles. The van der Waals surface area contributed by atoms with Gasteiger partial charge < -0.3 is 10.4 Å². The van der Waals surface area contributed by atoms with Crippen LogP contribution in [-0.4, -0.2) is 34.4 Å². The van der Waals surface area contributed by atoms with Gasteiger partial charge in [0.05, 0.1) is 11.8 Å². The summed E-state index contributed by atoms with van der Waals surface area (Å²) in [4.78, 5) is 11.6. The molecule has 15 heavy (non-hydrogen) atoms. The summed E-state index contributed by atoms with van der Waals surface area (Å²) in [6, 6.07) is 0. The van der Waals surface area contributed by atoms with Crippen molar-refractivity contribution in [2.45, 2.75) is 20.3 Å². The minimum atomic E-state index is -0.119. The molecule has 1 heterocycles. The molecule has 1 rings (SSSR count). The van der Waals surface area contributed by atoms with Crippen molar-refractivity contribution < 1.29 is 9.90 Å². The Labute approximate surface area is 88.9 Å². The van der Waals surface area contributed by atoms with Gasteiger partial charge in [0.2, 0.25) is 0 Å². The summed E-state index contributed by atoms with van der Waals surface area (Å²) in [5, 5.41) is 18.0. The Morgan fingerprint density at radius 1 is 1.73 bits per heavy atom. The maximum absolute atomic E-state index is 11.6. The maximum atomic E-state index is 11.6. The molecule has 0 aliphatic heterocycles. The second-order valence-electron chi connectivity index (χ2n) is 3.74. The van der Waals surface area contributed by atoms with E-state index in [2.05, 4.69) is 15.5 Å². The van der Waals surface area contributed by atoms with Gasteiger partial charge in [-0.2, -0.15) is 5.10 Å². The predicted octanol–water partition coefficient (Wildman–Crippen LogP) is 0.466. The van der Waals surface area contributed by atoms with Crippen molar-refractivity contribution in [3.8, 4) is 0 Å². The summed E-state index contributed by atoms with van der Waals surface area (Å²) in [5.74, 6) is 0.164. The lowest BCUT2D eigenvalue weighted by Crippen LogP contribution is -2.28. The number of rotatable bonds is 5. The largest absolute Gasteiger partial charge is 0.396 e. The van der Waals surface area contributed by atoms with E-state index in [4.69, 9.17) is 5.11 Å². The minimum absolute atomic E-state index is 0.119. The average molecular weight is 211 g/mol. The van der Waals surface area contributed by atoms with Gasteiger partial charge in [-0.15, -0.1) is 0 Å². The first-order valence-electron chi connectivity index (χ1n) is 5.04. The van der Waals surface area contributed by atoms with Crippen LogP contribution in [0.3, 0.4) is 0 Å². The summed E-state index contributed by atoms with van der Waals surface area (Å²) >= 11 is 0. The van der Waals surface area contributed by atoms with Gasteiger partial charge in [0, 0.05) is 18.8 Å². The molecule has 1 aromatic rings. The van der Waals surface area contributed by atoms with Crippen molar-refractivity contribution in [1.82, 2.24) is 15.5 Å². The van der Waals surface area contributed by atoms with Crippen LogP contribution in [0.4, 0.5) is 0 Å². The van der Waals surface area contributed by atoms with E-state index in [1.807, 2.05) is 6.92 Å². The van der Waals surface area contributed by atoms with Crippen molar-refractivity contribution in [3.63, 3.8) is 0 Å². The van der Waals surface area contributed by atoms with Crippen LogP contribution < -0.4 is 5.32 Å². The van der Waals surface area contributed by atoms with E-state index in [0.29, 0.717) is 18.5 Å². The molecule has 0 saturated carbocycles. The smallest absolute Gasteiger partial charge is 0.254 e. The number of aryl methyl sites for hydroxylation is 1. The monoisotopic (exact) mass is 211 g/mol. The fourth-order valence-electron chi connectivity index (χ4n) is 1.26. The summed E-state index contributed by atoms with van der Waals surface area (Å²) < 4.78 is 0. The molecule has 5 heteroatoms. The highest BCUT2D eigenvalue weighted by Crippen LogP contribution is 2.03. The van der Waals surface area contributed by atoms with Gasteiger partial charge in [0.1, 0.15) is 0 Å². The standard InChI is InChI=1S/C10H17N3O2/c1-7(3-4-14)5-11-10(15)9-6-12-13-8(9)2/h6-7,14H,3-5H2,1-2H3,(H,11,15)(H,12,13). The number of nitrogens with one attached hydrogen (secondary N) is 2. The molecule has 0 fully saturated rings. The van der Waals surface area contributed by atoms with Crippen molar-refractivity contribution in [2.24, 2.45) is 5.92 Å². The molecule has 0 radical (unpaired) electrons. The molecule has 0 aliphatic carbocycles. The summed E-state index contributed by atoms with van der Waals surface area (Å²) in [6.45, 7) is 4.52. The van der Waals surface area contributed by atoms with E-state index in [9.17, 15) is 4.79 Å². The fourth-order valence-corrected chi connectivity index (χ4v) is 1.26. The van der Waals surface area contributed by atoms with Crippen LogP contribution in [-0.2, 0) is 0 Å². The topological polar surface area (TPSA) is 78.0 Å². The molecule has 3 N–H and O–H groups in total. The molecule has 5 nitrogen and oxygen atoms in total. The minimum Gasteiger partial charge on any atom is -0.396 e. The Bertz CT molecular complexity index is 322. The fraction of sp³-hybridized carbons (Fsp3) is 0.600. The summed E-state index contributed by atoms with van der Waals surface area (Å²) in [7, 11) is 0. The molecule has 0 aromatic carbocycles. The van der Waals surface area contributed by atoms with Crippen molar-refractivity contribution in [3.05, 3.63) is 17.5 Å². The van der Waals surface area contributed by atoms with Crippen molar-refractivity contribution in [2.75, 3.05) is 13.2 Å². The first-order chi connectivity index (χ1) is 7.15. The number of hydrogen-bond acceptors (Lipinski definition) is 3.